The Hall–Kier alpha value is -1.35. The summed E-state index contributed by atoms with van der Waals surface area (Å²) in [5, 5.41) is 0. The van der Waals surface area contributed by atoms with Gasteiger partial charge in [0.05, 0.1) is 6.54 Å². The van der Waals surface area contributed by atoms with Gasteiger partial charge in [-0.25, -0.2) is 0 Å². The number of benzene rings is 1. The van der Waals surface area contributed by atoms with Crippen molar-refractivity contribution < 1.29 is 4.79 Å². The number of rotatable bonds is 8. The van der Waals surface area contributed by atoms with Crippen LogP contribution in [0.3, 0.4) is 0 Å². The molecule has 1 amide bonds. The monoisotopic (exact) mass is 262 g/mol. The number of carbonyl (C=O) groups is 1. The van der Waals surface area contributed by atoms with Crippen LogP contribution in [0.15, 0.2) is 30.3 Å². The van der Waals surface area contributed by atoms with Crippen LogP contribution in [0, 0.1) is 0 Å². The van der Waals surface area contributed by atoms with E-state index in [0.717, 1.165) is 32.5 Å². The molecule has 0 aromatic heterocycles. The number of hydrogen-bond acceptors (Lipinski definition) is 2. The Morgan fingerprint density at radius 1 is 1.16 bits per heavy atom. The van der Waals surface area contributed by atoms with Gasteiger partial charge in [-0.05, 0) is 18.5 Å². The topological polar surface area (TPSA) is 23.6 Å². The van der Waals surface area contributed by atoms with E-state index in [4.69, 9.17) is 0 Å². The number of carbonyl (C=O) groups excluding carboxylic acids is 1. The summed E-state index contributed by atoms with van der Waals surface area (Å²) in [6, 6.07) is 10.3. The van der Waals surface area contributed by atoms with E-state index >= 15 is 0 Å². The Morgan fingerprint density at radius 3 is 2.42 bits per heavy atom. The minimum Gasteiger partial charge on any atom is -0.345 e. The molecule has 3 heteroatoms. The van der Waals surface area contributed by atoms with E-state index in [-0.39, 0.29) is 5.91 Å². The number of likely N-dealkylation sites (N-methyl/N-ethyl adjacent to an activating group) is 2. The number of unbranched alkanes of at least 4 members (excludes halogenated alkanes) is 1. The van der Waals surface area contributed by atoms with Gasteiger partial charge in [0.25, 0.3) is 0 Å². The molecule has 0 atom stereocenters. The van der Waals surface area contributed by atoms with Crippen molar-refractivity contribution in [3.63, 3.8) is 0 Å². The largest absolute Gasteiger partial charge is 0.345 e. The minimum absolute atomic E-state index is 0.214. The van der Waals surface area contributed by atoms with E-state index in [0.29, 0.717) is 6.54 Å². The van der Waals surface area contributed by atoms with E-state index in [1.54, 1.807) is 0 Å². The molecule has 1 aromatic rings. The molecule has 0 aliphatic rings. The Bertz CT molecular complexity index is 364. The van der Waals surface area contributed by atoms with E-state index in [1.807, 2.05) is 30.1 Å². The highest BCUT2D eigenvalue weighted by molar-refractivity contribution is 5.77. The van der Waals surface area contributed by atoms with Crippen LogP contribution in [0.2, 0.25) is 0 Å². The van der Waals surface area contributed by atoms with Crippen molar-refractivity contribution in [1.29, 1.82) is 0 Å². The molecule has 0 saturated carbocycles. The first-order valence-corrected chi connectivity index (χ1v) is 7.17. The van der Waals surface area contributed by atoms with Gasteiger partial charge in [-0.15, -0.1) is 0 Å². The predicted octanol–water partition coefficient (Wildman–Crippen LogP) is 2.77. The third kappa shape index (κ3) is 5.88. The van der Waals surface area contributed by atoms with Crippen LogP contribution in [0.5, 0.6) is 0 Å². The molecule has 0 aliphatic heterocycles. The predicted molar refractivity (Wildman–Crippen MR) is 79.9 cm³/mol. The van der Waals surface area contributed by atoms with Crippen molar-refractivity contribution in [2.24, 2.45) is 0 Å². The van der Waals surface area contributed by atoms with Crippen LogP contribution in [0.1, 0.15) is 32.3 Å². The van der Waals surface area contributed by atoms with Gasteiger partial charge < -0.3 is 4.90 Å². The molecule has 0 aliphatic carbocycles. The second-order valence-corrected chi connectivity index (χ2v) is 4.96. The fourth-order valence-electron chi connectivity index (χ4n) is 1.95. The Balaban J connectivity index is 2.45. The summed E-state index contributed by atoms with van der Waals surface area (Å²) in [6.07, 6.45) is 2.20. The molecule has 0 N–H and O–H groups in total. The zero-order valence-corrected chi connectivity index (χ0v) is 12.4. The number of nitrogens with zero attached hydrogens (tertiary/aromatic N) is 2. The fraction of sp³-hybridized carbons (Fsp3) is 0.562. The summed E-state index contributed by atoms with van der Waals surface area (Å²) in [4.78, 5) is 16.1. The maximum atomic E-state index is 12.1. The number of hydrogen-bond donors (Lipinski definition) is 0. The second kappa shape index (κ2) is 8.70. The molecule has 0 spiro atoms. The van der Waals surface area contributed by atoms with Crippen LogP contribution in [0.4, 0.5) is 0 Å². The van der Waals surface area contributed by atoms with Crippen molar-refractivity contribution in [2.75, 3.05) is 26.7 Å². The minimum atomic E-state index is 0.214. The average Bonchev–Trinajstić information content (AvgIpc) is 2.44. The van der Waals surface area contributed by atoms with E-state index < -0.39 is 0 Å². The van der Waals surface area contributed by atoms with Crippen LogP contribution in [0.25, 0.3) is 0 Å². The van der Waals surface area contributed by atoms with Gasteiger partial charge in [-0.3, -0.25) is 9.69 Å². The standard InChI is InChI=1S/C16H26N2O/c1-4-6-12-17(3)16(19)14-18(5-2)13-15-10-8-7-9-11-15/h7-11H,4-6,12-14H2,1-3H3. The normalized spacial score (nSPS) is 10.7. The first-order valence-electron chi connectivity index (χ1n) is 7.17. The summed E-state index contributed by atoms with van der Waals surface area (Å²) in [7, 11) is 1.90. The summed E-state index contributed by atoms with van der Waals surface area (Å²) < 4.78 is 0. The third-order valence-electron chi connectivity index (χ3n) is 3.33. The van der Waals surface area contributed by atoms with Crippen molar-refractivity contribution in [1.82, 2.24) is 9.80 Å². The molecule has 106 valence electrons. The highest BCUT2D eigenvalue weighted by atomic mass is 16.2. The highest BCUT2D eigenvalue weighted by Gasteiger charge is 2.13. The molecule has 0 bridgehead atoms. The maximum Gasteiger partial charge on any atom is 0.236 e. The summed E-state index contributed by atoms with van der Waals surface area (Å²) in [5.74, 6) is 0.214. The zero-order valence-electron chi connectivity index (χ0n) is 12.4. The Morgan fingerprint density at radius 2 is 1.84 bits per heavy atom. The SMILES string of the molecule is CCCCN(C)C(=O)CN(CC)Cc1ccccc1. The van der Waals surface area contributed by atoms with Gasteiger partial charge in [0, 0.05) is 20.1 Å². The van der Waals surface area contributed by atoms with Gasteiger partial charge in [-0.2, -0.15) is 0 Å². The van der Waals surface area contributed by atoms with Gasteiger partial charge in [0.1, 0.15) is 0 Å². The first-order chi connectivity index (χ1) is 9.17. The van der Waals surface area contributed by atoms with Crippen LogP contribution < -0.4 is 0 Å². The molecule has 0 radical (unpaired) electrons. The molecular formula is C16H26N2O. The molecular weight excluding hydrogens is 236 g/mol. The van der Waals surface area contributed by atoms with Crippen LogP contribution in [-0.2, 0) is 11.3 Å². The van der Waals surface area contributed by atoms with Gasteiger partial charge in [0.2, 0.25) is 5.91 Å². The fourth-order valence-corrected chi connectivity index (χ4v) is 1.95. The smallest absolute Gasteiger partial charge is 0.236 e. The van der Waals surface area contributed by atoms with Crippen molar-refractivity contribution in [3.05, 3.63) is 35.9 Å². The lowest BCUT2D eigenvalue weighted by molar-refractivity contribution is -0.131. The molecule has 1 rings (SSSR count). The third-order valence-corrected chi connectivity index (χ3v) is 3.33. The average molecular weight is 262 g/mol. The summed E-state index contributed by atoms with van der Waals surface area (Å²) in [5.41, 5.74) is 1.26. The van der Waals surface area contributed by atoms with Gasteiger partial charge >= 0.3 is 0 Å². The number of amides is 1. The lowest BCUT2D eigenvalue weighted by atomic mass is 10.2. The lowest BCUT2D eigenvalue weighted by Gasteiger charge is -2.24. The maximum absolute atomic E-state index is 12.1. The van der Waals surface area contributed by atoms with Crippen molar-refractivity contribution in [3.8, 4) is 0 Å². The molecule has 1 aromatic carbocycles. The van der Waals surface area contributed by atoms with E-state index in [9.17, 15) is 4.79 Å². The molecule has 19 heavy (non-hydrogen) atoms. The Kier molecular flexibility index (Phi) is 7.19. The lowest BCUT2D eigenvalue weighted by Crippen LogP contribution is -2.38. The van der Waals surface area contributed by atoms with Crippen LogP contribution in [-0.4, -0.2) is 42.4 Å². The molecule has 0 fully saturated rings. The van der Waals surface area contributed by atoms with E-state index in [1.165, 1.54) is 5.56 Å². The Labute approximate surface area is 117 Å². The highest BCUT2D eigenvalue weighted by Crippen LogP contribution is 2.04. The quantitative estimate of drug-likeness (QED) is 0.719. The molecule has 0 unspecified atom stereocenters. The second-order valence-electron chi connectivity index (χ2n) is 4.96. The zero-order chi connectivity index (χ0) is 14.1. The molecule has 0 heterocycles. The first kappa shape index (κ1) is 15.7. The van der Waals surface area contributed by atoms with Gasteiger partial charge in [-0.1, -0.05) is 50.6 Å². The summed E-state index contributed by atoms with van der Waals surface area (Å²) in [6.45, 7) is 7.34. The van der Waals surface area contributed by atoms with Crippen LogP contribution >= 0.6 is 0 Å². The van der Waals surface area contributed by atoms with E-state index in [2.05, 4.69) is 30.9 Å². The molecule has 3 nitrogen and oxygen atoms in total. The van der Waals surface area contributed by atoms with Crippen molar-refractivity contribution >= 4 is 5.91 Å². The van der Waals surface area contributed by atoms with Gasteiger partial charge in [0.15, 0.2) is 0 Å². The summed E-state index contributed by atoms with van der Waals surface area (Å²) >= 11 is 0. The van der Waals surface area contributed by atoms with Crippen molar-refractivity contribution in [2.45, 2.75) is 33.2 Å². The molecule has 0 saturated heterocycles.